The Morgan fingerprint density at radius 2 is 2.20 bits per heavy atom. The molecule has 3 heteroatoms. The van der Waals surface area contributed by atoms with Crippen LogP contribution >= 0.6 is 0 Å². The van der Waals surface area contributed by atoms with Crippen LogP contribution < -0.4 is 11.1 Å². The molecule has 1 aliphatic carbocycles. The maximum Gasteiger partial charge on any atom is 0.240 e. The van der Waals surface area contributed by atoms with E-state index in [-0.39, 0.29) is 5.91 Å². The van der Waals surface area contributed by atoms with E-state index in [1.54, 1.807) is 0 Å². The van der Waals surface area contributed by atoms with Crippen LogP contribution in [0.25, 0.3) is 0 Å². The Hall–Kier alpha value is -0.570. The summed E-state index contributed by atoms with van der Waals surface area (Å²) in [7, 11) is 0. The zero-order valence-corrected chi connectivity index (χ0v) is 10.2. The van der Waals surface area contributed by atoms with Crippen molar-refractivity contribution in [1.82, 2.24) is 5.32 Å². The Morgan fingerprint density at radius 3 is 2.67 bits per heavy atom. The van der Waals surface area contributed by atoms with E-state index in [0.29, 0.717) is 12.0 Å². The molecule has 3 N–H and O–H groups in total. The fraction of sp³-hybridized carbons (Fsp3) is 0.917. The molecule has 1 aliphatic rings. The lowest BCUT2D eigenvalue weighted by molar-refractivity contribution is -0.127. The molecule has 0 heterocycles. The van der Waals surface area contributed by atoms with Gasteiger partial charge in [-0.2, -0.15) is 0 Å². The summed E-state index contributed by atoms with van der Waals surface area (Å²) in [4.78, 5) is 11.9. The molecule has 0 spiro atoms. The molecule has 3 nitrogen and oxygen atoms in total. The van der Waals surface area contributed by atoms with Crippen molar-refractivity contribution in [3.63, 3.8) is 0 Å². The molecular weight excluding hydrogens is 188 g/mol. The van der Waals surface area contributed by atoms with Gasteiger partial charge >= 0.3 is 0 Å². The molecule has 15 heavy (non-hydrogen) atoms. The highest BCUT2D eigenvalue weighted by Crippen LogP contribution is 2.25. The van der Waals surface area contributed by atoms with Crippen LogP contribution in [0, 0.1) is 5.92 Å². The second-order valence-electron chi connectivity index (χ2n) is 5.16. The molecule has 0 bridgehead atoms. The number of hydrogen-bond acceptors (Lipinski definition) is 2. The summed E-state index contributed by atoms with van der Waals surface area (Å²) in [6, 6.07) is 0.345. The Bertz CT molecular complexity index is 226. The normalized spacial score (nSPS) is 29.9. The highest BCUT2D eigenvalue weighted by atomic mass is 16.2. The first-order valence-corrected chi connectivity index (χ1v) is 6.07. The van der Waals surface area contributed by atoms with Gasteiger partial charge in [0.25, 0.3) is 0 Å². The number of hydrogen-bond donors (Lipinski definition) is 2. The van der Waals surface area contributed by atoms with Crippen LogP contribution in [0.5, 0.6) is 0 Å². The monoisotopic (exact) mass is 212 g/mol. The summed E-state index contributed by atoms with van der Waals surface area (Å²) in [6.07, 6.45) is 5.25. The summed E-state index contributed by atoms with van der Waals surface area (Å²) in [5, 5.41) is 3.09. The summed E-state index contributed by atoms with van der Waals surface area (Å²) in [5.74, 6) is 0.620. The first-order valence-electron chi connectivity index (χ1n) is 6.07. The van der Waals surface area contributed by atoms with Crippen molar-refractivity contribution in [2.24, 2.45) is 11.7 Å². The second-order valence-corrected chi connectivity index (χ2v) is 5.16. The first kappa shape index (κ1) is 12.5. The van der Waals surface area contributed by atoms with Crippen LogP contribution in [0.15, 0.2) is 0 Å². The molecule has 1 rings (SSSR count). The molecule has 0 aromatic carbocycles. The fourth-order valence-electron chi connectivity index (χ4n) is 2.33. The van der Waals surface area contributed by atoms with E-state index in [9.17, 15) is 4.79 Å². The minimum absolute atomic E-state index is 0.0168. The van der Waals surface area contributed by atoms with Crippen LogP contribution in [0.2, 0.25) is 0 Å². The molecule has 1 amide bonds. The van der Waals surface area contributed by atoms with Crippen molar-refractivity contribution < 1.29 is 4.79 Å². The van der Waals surface area contributed by atoms with E-state index < -0.39 is 5.54 Å². The lowest BCUT2D eigenvalue weighted by Gasteiger charge is -2.26. The highest BCUT2D eigenvalue weighted by molar-refractivity contribution is 5.85. The summed E-state index contributed by atoms with van der Waals surface area (Å²) in [6.45, 7) is 6.08. The molecule has 0 radical (unpaired) electrons. The SMILES string of the molecule is CCCC(C)(N)C(=O)NC1CCCC1C. The summed E-state index contributed by atoms with van der Waals surface area (Å²) < 4.78 is 0. The van der Waals surface area contributed by atoms with Crippen molar-refractivity contribution >= 4 is 5.91 Å². The van der Waals surface area contributed by atoms with Gasteiger partial charge in [0.05, 0.1) is 5.54 Å². The quantitative estimate of drug-likeness (QED) is 0.746. The molecule has 0 aromatic rings. The third-order valence-corrected chi connectivity index (χ3v) is 3.47. The second kappa shape index (κ2) is 4.97. The Labute approximate surface area is 92.8 Å². The molecule has 88 valence electrons. The molecule has 1 saturated carbocycles. The van der Waals surface area contributed by atoms with Gasteiger partial charge in [-0.15, -0.1) is 0 Å². The number of carbonyl (C=O) groups excluding carboxylic acids is 1. The first-order chi connectivity index (χ1) is 6.97. The minimum atomic E-state index is -0.697. The van der Waals surface area contributed by atoms with Gasteiger partial charge in [-0.1, -0.05) is 26.7 Å². The van der Waals surface area contributed by atoms with E-state index in [2.05, 4.69) is 19.2 Å². The van der Waals surface area contributed by atoms with E-state index >= 15 is 0 Å². The van der Waals surface area contributed by atoms with Crippen molar-refractivity contribution in [1.29, 1.82) is 0 Å². The lowest BCUT2D eigenvalue weighted by atomic mass is 9.95. The van der Waals surface area contributed by atoms with Crippen LogP contribution in [-0.4, -0.2) is 17.5 Å². The Morgan fingerprint density at radius 1 is 1.53 bits per heavy atom. The van der Waals surface area contributed by atoms with Crippen LogP contribution in [0.4, 0.5) is 0 Å². The average Bonchev–Trinajstić information content (AvgIpc) is 2.52. The van der Waals surface area contributed by atoms with Gasteiger partial charge in [0.15, 0.2) is 0 Å². The number of carbonyl (C=O) groups is 1. The smallest absolute Gasteiger partial charge is 0.240 e. The Kier molecular flexibility index (Phi) is 4.14. The number of rotatable bonds is 4. The third-order valence-electron chi connectivity index (χ3n) is 3.47. The predicted molar refractivity (Wildman–Crippen MR) is 62.4 cm³/mol. The van der Waals surface area contributed by atoms with Gasteiger partial charge in [0, 0.05) is 6.04 Å². The zero-order valence-electron chi connectivity index (χ0n) is 10.2. The van der Waals surface area contributed by atoms with Gasteiger partial charge in [0.1, 0.15) is 0 Å². The topological polar surface area (TPSA) is 55.1 Å². The fourth-order valence-corrected chi connectivity index (χ4v) is 2.33. The standard InChI is InChI=1S/C12H24N2O/c1-4-8-12(3,13)11(15)14-10-7-5-6-9(10)2/h9-10H,4-8,13H2,1-3H3,(H,14,15). The molecule has 3 atom stereocenters. The van der Waals surface area contributed by atoms with Crippen molar-refractivity contribution in [3.05, 3.63) is 0 Å². The maximum absolute atomic E-state index is 11.9. The van der Waals surface area contributed by atoms with E-state index in [1.807, 2.05) is 6.92 Å². The van der Waals surface area contributed by atoms with Crippen molar-refractivity contribution in [2.75, 3.05) is 0 Å². The van der Waals surface area contributed by atoms with Crippen molar-refractivity contribution in [3.8, 4) is 0 Å². The third kappa shape index (κ3) is 3.20. The van der Waals surface area contributed by atoms with E-state index in [0.717, 1.165) is 19.3 Å². The predicted octanol–water partition coefficient (Wildman–Crippen LogP) is 1.81. The van der Waals surface area contributed by atoms with Gasteiger partial charge < -0.3 is 11.1 Å². The van der Waals surface area contributed by atoms with Gasteiger partial charge in [-0.25, -0.2) is 0 Å². The molecule has 3 unspecified atom stereocenters. The Balaban J connectivity index is 2.47. The highest BCUT2D eigenvalue weighted by Gasteiger charge is 2.32. The van der Waals surface area contributed by atoms with Gasteiger partial charge in [0.2, 0.25) is 5.91 Å². The van der Waals surface area contributed by atoms with Gasteiger partial charge in [-0.3, -0.25) is 4.79 Å². The van der Waals surface area contributed by atoms with Crippen LogP contribution in [0.1, 0.15) is 52.9 Å². The summed E-state index contributed by atoms with van der Waals surface area (Å²) in [5.41, 5.74) is 5.28. The molecule has 1 fully saturated rings. The van der Waals surface area contributed by atoms with E-state index in [1.165, 1.54) is 12.8 Å². The van der Waals surface area contributed by atoms with Crippen molar-refractivity contribution in [2.45, 2.75) is 64.5 Å². The largest absolute Gasteiger partial charge is 0.352 e. The zero-order chi connectivity index (χ0) is 11.5. The summed E-state index contributed by atoms with van der Waals surface area (Å²) >= 11 is 0. The molecule has 0 saturated heterocycles. The molecule has 0 aromatic heterocycles. The maximum atomic E-state index is 11.9. The number of amides is 1. The molecular formula is C12H24N2O. The van der Waals surface area contributed by atoms with Crippen LogP contribution in [0.3, 0.4) is 0 Å². The number of nitrogens with one attached hydrogen (secondary N) is 1. The minimum Gasteiger partial charge on any atom is -0.352 e. The van der Waals surface area contributed by atoms with E-state index in [4.69, 9.17) is 5.73 Å². The molecule has 0 aliphatic heterocycles. The lowest BCUT2D eigenvalue weighted by Crippen LogP contribution is -2.54. The average molecular weight is 212 g/mol. The van der Waals surface area contributed by atoms with Gasteiger partial charge in [-0.05, 0) is 32.1 Å². The number of nitrogens with two attached hydrogens (primary N) is 1. The van der Waals surface area contributed by atoms with Crippen LogP contribution in [-0.2, 0) is 4.79 Å².